The summed E-state index contributed by atoms with van der Waals surface area (Å²) in [4.78, 5) is 2.62. The molecule has 2 rings (SSSR count). The van der Waals surface area contributed by atoms with Crippen LogP contribution in [0.1, 0.15) is 59.3 Å². The Morgan fingerprint density at radius 3 is 2.39 bits per heavy atom. The highest BCUT2D eigenvalue weighted by Crippen LogP contribution is 2.40. The molecule has 4 unspecified atom stereocenters. The lowest BCUT2D eigenvalue weighted by Crippen LogP contribution is -2.46. The largest absolute Gasteiger partial charge is 0.327 e. The topological polar surface area (TPSA) is 29.3 Å². The second kappa shape index (κ2) is 5.50. The second-order valence-electron chi connectivity index (χ2n) is 7.58. The van der Waals surface area contributed by atoms with Crippen LogP contribution in [0.5, 0.6) is 0 Å². The van der Waals surface area contributed by atoms with Gasteiger partial charge >= 0.3 is 0 Å². The molecular formula is C16H32N2. The zero-order chi connectivity index (χ0) is 13.3. The monoisotopic (exact) mass is 252 g/mol. The van der Waals surface area contributed by atoms with Gasteiger partial charge in [0.2, 0.25) is 0 Å². The molecular weight excluding hydrogens is 220 g/mol. The van der Waals surface area contributed by atoms with Crippen molar-refractivity contribution in [1.29, 1.82) is 0 Å². The van der Waals surface area contributed by atoms with Crippen molar-refractivity contribution in [3.63, 3.8) is 0 Å². The van der Waals surface area contributed by atoms with E-state index in [9.17, 15) is 0 Å². The van der Waals surface area contributed by atoms with Crippen LogP contribution in [-0.4, -0.2) is 30.6 Å². The predicted molar refractivity (Wildman–Crippen MR) is 78.5 cm³/mol. The van der Waals surface area contributed by atoms with Crippen molar-refractivity contribution in [2.45, 2.75) is 71.4 Å². The third kappa shape index (κ3) is 2.91. The van der Waals surface area contributed by atoms with E-state index < -0.39 is 0 Å². The van der Waals surface area contributed by atoms with Gasteiger partial charge in [0.1, 0.15) is 0 Å². The van der Waals surface area contributed by atoms with Crippen LogP contribution in [-0.2, 0) is 0 Å². The van der Waals surface area contributed by atoms with Crippen LogP contribution in [0, 0.1) is 17.3 Å². The van der Waals surface area contributed by atoms with Crippen molar-refractivity contribution in [3.05, 3.63) is 0 Å². The fourth-order valence-corrected chi connectivity index (χ4v) is 4.20. The van der Waals surface area contributed by atoms with Gasteiger partial charge in [-0.3, -0.25) is 0 Å². The molecule has 0 amide bonds. The van der Waals surface area contributed by atoms with Crippen molar-refractivity contribution in [2.75, 3.05) is 13.6 Å². The second-order valence-corrected chi connectivity index (χ2v) is 7.58. The first-order valence-electron chi connectivity index (χ1n) is 7.87. The SMILES string of the molecule is CC1CCCCC1N(C)CC1CCC(C)(C)C1N. The Balaban J connectivity index is 1.89. The maximum atomic E-state index is 6.44. The zero-order valence-corrected chi connectivity index (χ0v) is 12.8. The van der Waals surface area contributed by atoms with Gasteiger partial charge in [-0.1, -0.05) is 33.6 Å². The van der Waals surface area contributed by atoms with Crippen molar-refractivity contribution < 1.29 is 0 Å². The summed E-state index contributed by atoms with van der Waals surface area (Å²) in [5, 5.41) is 0. The van der Waals surface area contributed by atoms with Gasteiger partial charge in [-0.05, 0) is 50.0 Å². The maximum absolute atomic E-state index is 6.44. The summed E-state index contributed by atoms with van der Waals surface area (Å²) >= 11 is 0. The van der Waals surface area contributed by atoms with E-state index in [1.165, 1.54) is 45.1 Å². The molecule has 18 heavy (non-hydrogen) atoms. The standard InChI is InChI=1S/C16H32N2/c1-12-7-5-6-8-14(12)18(4)11-13-9-10-16(2,3)15(13)17/h12-15H,5-11,17H2,1-4H3. The van der Waals surface area contributed by atoms with E-state index in [0.717, 1.165) is 12.0 Å². The fraction of sp³-hybridized carbons (Fsp3) is 1.00. The predicted octanol–water partition coefficient (Wildman–Crippen LogP) is 3.26. The summed E-state index contributed by atoms with van der Waals surface area (Å²) in [5.74, 6) is 1.58. The van der Waals surface area contributed by atoms with Crippen molar-refractivity contribution >= 4 is 0 Å². The number of rotatable bonds is 3. The Hall–Kier alpha value is -0.0800. The molecule has 2 heteroatoms. The third-order valence-electron chi connectivity index (χ3n) is 5.72. The first kappa shape index (κ1) is 14.3. The highest BCUT2D eigenvalue weighted by Gasteiger charge is 2.40. The van der Waals surface area contributed by atoms with Crippen molar-refractivity contribution in [1.82, 2.24) is 4.90 Å². The van der Waals surface area contributed by atoms with Crippen LogP contribution in [0.3, 0.4) is 0 Å². The van der Waals surface area contributed by atoms with Crippen LogP contribution >= 0.6 is 0 Å². The first-order valence-corrected chi connectivity index (χ1v) is 7.87. The van der Waals surface area contributed by atoms with E-state index in [1.54, 1.807) is 0 Å². The molecule has 2 aliphatic carbocycles. The fourth-order valence-electron chi connectivity index (χ4n) is 4.20. The Bertz CT molecular complexity index is 274. The number of hydrogen-bond donors (Lipinski definition) is 1. The van der Waals surface area contributed by atoms with E-state index in [0.29, 0.717) is 17.4 Å². The molecule has 2 saturated carbocycles. The molecule has 0 spiro atoms. The molecule has 4 atom stereocenters. The lowest BCUT2D eigenvalue weighted by molar-refractivity contribution is 0.115. The van der Waals surface area contributed by atoms with Gasteiger partial charge in [-0.2, -0.15) is 0 Å². The molecule has 0 aromatic rings. The van der Waals surface area contributed by atoms with E-state index >= 15 is 0 Å². The molecule has 0 radical (unpaired) electrons. The molecule has 106 valence electrons. The normalized spacial score (nSPS) is 40.3. The van der Waals surface area contributed by atoms with Gasteiger partial charge in [0.25, 0.3) is 0 Å². The minimum atomic E-state index is 0.351. The Labute approximate surface area is 113 Å². The minimum absolute atomic E-state index is 0.351. The molecule has 0 saturated heterocycles. The third-order valence-corrected chi connectivity index (χ3v) is 5.72. The zero-order valence-electron chi connectivity index (χ0n) is 12.8. The molecule has 0 aliphatic heterocycles. The van der Waals surface area contributed by atoms with E-state index in [4.69, 9.17) is 5.73 Å². The molecule has 0 aromatic carbocycles. The highest BCUT2D eigenvalue weighted by atomic mass is 15.1. The molecule has 0 bridgehead atoms. The lowest BCUT2D eigenvalue weighted by atomic mass is 9.83. The van der Waals surface area contributed by atoms with Crippen LogP contribution < -0.4 is 5.73 Å². The summed E-state index contributed by atoms with van der Waals surface area (Å²) in [6.07, 6.45) is 8.27. The van der Waals surface area contributed by atoms with E-state index in [1.807, 2.05) is 0 Å². The van der Waals surface area contributed by atoms with Crippen molar-refractivity contribution in [3.8, 4) is 0 Å². The van der Waals surface area contributed by atoms with E-state index in [-0.39, 0.29) is 0 Å². The first-order chi connectivity index (χ1) is 8.42. The molecule has 2 nitrogen and oxygen atoms in total. The summed E-state index contributed by atoms with van der Waals surface area (Å²) in [7, 11) is 2.32. The van der Waals surface area contributed by atoms with Crippen molar-refractivity contribution in [2.24, 2.45) is 23.0 Å². The van der Waals surface area contributed by atoms with Crippen LogP contribution in [0.4, 0.5) is 0 Å². The van der Waals surface area contributed by atoms with Crippen LogP contribution in [0.2, 0.25) is 0 Å². The number of nitrogens with two attached hydrogens (primary N) is 1. The molecule has 0 heterocycles. The molecule has 0 aromatic heterocycles. The molecule has 2 aliphatic rings. The molecule has 2 fully saturated rings. The summed E-state index contributed by atoms with van der Waals surface area (Å²) in [5.41, 5.74) is 6.79. The minimum Gasteiger partial charge on any atom is -0.327 e. The van der Waals surface area contributed by atoms with Gasteiger partial charge < -0.3 is 10.6 Å². The van der Waals surface area contributed by atoms with Gasteiger partial charge in [0.05, 0.1) is 0 Å². The summed E-state index contributed by atoms with van der Waals surface area (Å²) in [6.45, 7) is 8.31. The van der Waals surface area contributed by atoms with Crippen LogP contribution in [0.15, 0.2) is 0 Å². The average Bonchev–Trinajstić information content (AvgIpc) is 2.57. The van der Waals surface area contributed by atoms with Gasteiger partial charge in [-0.15, -0.1) is 0 Å². The van der Waals surface area contributed by atoms with Gasteiger partial charge in [0.15, 0.2) is 0 Å². The van der Waals surface area contributed by atoms with Gasteiger partial charge in [0, 0.05) is 18.6 Å². The summed E-state index contributed by atoms with van der Waals surface area (Å²) < 4.78 is 0. The van der Waals surface area contributed by atoms with Crippen LogP contribution in [0.25, 0.3) is 0 Å². The Morgan fingerprint density at radius 2 is 1.83 bits per heavy atom. The maximum Gasteiger partial charge on any atom is 0.0131 e. The number of nitrogens with zero attached hydrogens (tertiary/aromatic N) is 1. The lowest BCUT2D eigenvalue weighted by Gasteiger charge is -2.38. The smallest absolute Gasteiger partial charge is 0.0131 e. The number of hydrogen-bond acceptors (Lipinski definition) is 2. The highest BCUT2D eigenvalue weighted by molar-refractivity contribution is 4.95. The van der Waals surface area contributed by atoms with Gasteiger partial charge in [-0.25, -0.2) is 0 Å². The average molecular weight is 252 g/mol. The van der Waals surface area contributed by atoms with E-state index in [2.05, 4.69) is 32.7 Å². The Kier molecular flexibility index (Phi) is 4.38. The summed E-state index contributed by atoms with van der Waals surface area (Å²) in [6, 6.07) is 1.19. The molecule has 2 N–H and O–H groups in total. The Morgan fingerprint density at radius 1 is 1.17 bits per heavy atom. The quantitative estimate of drug-likeness (QED) is 0.835.